The molecule has 47 heavy (non-hydrogen) atoms. The first-order valence-corrected chi connectivity index (χ1v) is 16.2. The molecule has 0 bridgehead atoms. The number of hydrogen-bond acceptors (Lipinski definition) is 1. The Bertz CT molecular complexity index is 2290. The molecule has 1 aliphatic rings. The van der Waals surface area contributed by atoms with Gasteiger partial charge in [-0.1, -0.05) is 170 Å². The normalized spacial score (nSPS) is 12.9. The van der Waals surface area contributed by atoms with Gasteiger partial charge in [0.1, 0.15) is 0 Å². The molecular weight excluding hydrogens is 567 g/mol. The molecule has 0 aliphatic heterocycles. The maximum Gasteiger partial charge on any atom is 0.0715 e. The molecule has 9 rings (SSSR count). The summed E-state index contributed by atoms with van der Waals surface area (Å²) in [6.45, 7) is 0. The highest BCUT2D eigenvalue weighted by atomic mass is 14.7. The second-order valence-electron chi connectivity index (χ2n) is 12.3. The SMILES string of the molecule is c1ccc(-c2cc(-c3ccc(C4(c5ccc6ccccc6c5)c5ccccc5-c5ccccc54)cc3)cc(-c3ccccc3)n2)cc1. The van der Waals surface area contributed by atoms with Gasteiger partial charge in [-0.05, 0) is 73.5 Å². The van der Waals surface area contributed by atoms with Crippen molar-refractivity contribution >= 4 is 10.8 Å². The Morgan fingerprint density at radius 3 is 1.40 bits per heavy atom. The van der Waals surface area contributed by atoms with E-state index in [1.165, 1.54) is 49.7 Å². The molecule has 0 radical (unpaired) electrons. The van der Waals surface area contributed by atoms with E-state index in [9.17, 15) is 0 Å². The Morgan fingerprint density at radius 2 is 0.809 bits per heavy atom. The Labute approximate surface area is 275 Å². The quantitative estimate of drug-likeness (QED) is 0.192. The average Bonchev–Trinajstić information content (AvgIpc) is 3.46. The summed E-state index contributed by atoms with van der Waals surface area (Å²) in [5.41, 5.74) is 13.8. The second kappa shape index (κ2) is 11.1. The highest BCUT2D eigenvalue weighted by Crippen LogP contribution is 2.56. The third kappa shape index (κ3) is 4.43. The van der Waals surface area contributed by atoms with Crippen molar-refractivity contribution in [3.05, 3.63) is 210 Å². The second-order valence-corrected chi connectivity index (χ2v) is 12.3. The molecule has 220 valence electrons. The van der Waals surface area contributed by atoms with Gasteiger partial charge in [0.2, 0.25) is 0 Å². The first-order chi connectivity index (χ1) is 23.3. The molecule has 0 saturated carbocycles. The lowest BCUT2D eigenvalue weighted by molar-refractivity contribution is 0.770. The van der Waals surface area contributed by atoms with Crippen LogP contribution in [0.25, 0.3) is 55.5 Å². The van der Waals surface area contributed by atoms with Gasteiger partial charge in [-0.25, -0.2) is 4.98 Å². The zero-order chi connectivity index (χ0) is 31.2. The Morgan fingerprint density at radius 1 is 0.319 bits per heavy atom. The molecular formula is C46H31N. The van der Waals surface area contributed by atoms with Crippen LogP contribution in [-0.4, -0.2) is 4.98 Å². The van der Waals surface area contributed by atoms with E-state index in [1.807, 2.05) is 0 Å². The molecule has 1 aliphatic carbocycles. The summed E-state index contributed by atoms with van der Waals surface area (Å²) >= 11 is 0. The predicted molar refractivity (Wildman–Crippen MR) is 195 cm³/mol. The first kappa shape index (κ1) is 27.3. The van der Waals surface area contributed by atoms with E-state index in [0.717, 1.165) is 28.1 Å². The Balaban J connectivity index is 1.25. The van der Waals surface area contributed by atoms with Crippen molar-refractivity contribution < 1.29 is 0 Å². The van der Waals surface area contributed by atoms with E-state index in [-0.39, 0.29) is 0 Å². The van der Waals surface area contributed by atoms with E-state index in [1.54, 1.807) is 0 Å². The maximum atomic E-state index is 5.11. The number of rotatable bonds is 5. The molecule has 0 spiro atoms. The third-order valence-corrected chi connectivity index (χ3v) is 9.75. The van der Waals surface area contributed by atoms with Crippen molar-refractivity contribution in [3.8, 4) is 44.8 Å². The zero-order valence-corrected chi connectivity index (χ0v) is 25.8. The Hall–Kier alpha value is -6.05. The van der Waals surface area contributed by atoms with Crippen LogP contribution in [0.5, 0.6) is 0 Å². The number of hydrogen-bond donors (Lipinski definition) is 0. The van der Waals surface area contributed by atoms with Crippen LogP contribution in [0.3, 0.4) is 0 Å². The lowest BCUT2D eigenvalue weighted by atomic mass is 9.67. The van der Waals surface area contributed by atoms with Gasteiger partial charge in [0.25, 0.3) is 0 Å². The molecule has 0 unspecified atom stereocenters. The van der Waals surface area contributed by atoms with Crippen LogP contribution in [0, 0.1) is 0 Å². The van der Waals surface area contributed by atoms with Crippen LogP contribution in [0.1, 0.15) is 22.3 Å². The summed E-state index contributed by atoms with van der Waals surface area (Å²) in [7, 11) is 0. The topological polar surface area (TPSA) is 12.9 Å². The van der Waals surface area contributed by atoms with Gasteiger partial charge < -0.3 is 0 Å². The van der Waals surface area contributed by atoms with Crippen LogP contribution < -0.4 is 0 Å². The molecule has 1 heteroatoms. The monoisotopic (exact) mass is 597 g/mol. The van der Waals surface area contributed by atoms with Crippen LogP contribution in [0.4, 0.5) is 0 Å². The summed E-state index contributed by atoms with van der Waals surface area (Å²) in [5, 5.41) is 2.50. The molecule has 0 fully saturated rings. The van der Waals surface area contributed by atoms with Gasteiger partial charge in [-0.15, -0.1) is 0 Å². The first-order valence-electron chi connectivity index (χ1n) is 16.2. The van der Waals surface area contributed by atoms with Crippen molar-refractivity contribution in [2.45, 2.75) is 5.41 Å². The lowest BCUT2D eigenvalue weighted by Gasteiger charge is -2.34. The predicted octanol–water partition coefficient (Wildman–Crippen LogP) is 11.6. The van der Waals surface area contributed by atoms with Crippen LogP contribution in [0.15, 0.2) is 188 Å². The van der Waals surface area contributed by atoms with Gasteiger partial charge in [0.05, 0.1) is 16.8 Å². The third-order valence-electron chi connectivity index (χ3n) is 9.75. The van der Waals surface area contributed by atoms with Crippen molar-refractivity contribution in [1.82, 2.24) is 4.98 Å². The minimum atomic E-state index is -0.446. The van der Waals surface area contributed by atoms with Crippen LogP contribution in [-0.2, 0) is 5.41 Å². The molecule has 1 aromatic heterocycles. The summed E-state index contributed by atoms with van der Waals surface area (Å²) in [4.78, 5) is 5.11. The minimum Gasteiger partial charge on any atom is -0.248 e. The highest BCUT2D eigenvalue weighted by molar-refractivity contribution is 5.89. The summed E-state index contributed by atoms with van der Waals surface area (Å²) in [5.74, 6) is 0. The largest absolute Gasteiger partial charge is 0.248 e. The van der Waals surface area contributed by atoms with Crippen LogP contribution in [0.2, 0.25) is 0 Å². The fourth-order valence-electron chi connectivity index (χ4n) is 7.57. The van der Waals surface area contributed by atoms with E-state index < -0.39 is 5.41 Å². The molecule has 0 saturated heterocycles. The van der Waals surface area contributed by atoms with E-state index in [4.69, 9.17) is 4.98 Å². The number of fused-ring (bicyclic) bond motifs is 4. The fraction of sp³-hybridized carbons (Fsp3) is 0.0217. The standard InChI is InChI=1S/C46H31N/c1-3-14-34(15-4-1)44-30-37(31-45(47-44)35-16-5-2-6-17-35)33-23-26-38(27-24-33)46(39-28-25-32-13-7-8-18-36(32)29-39)42-21-11-9-19-40(42)41-20-10-12-22-43(41)46/h1-31H. The van der Waals surface area contributed by atoms with Gasteiger partial charge in [0.15, 0.2) is 0 Å². The van der Waals surface area contributed by atoms with E-state index in [2.05, 4.69) is 188 Å². The molecule has 0 atom stereocenters. The number of benzene rings is 7. The lowest BCUT2D eigenvalue weighted by Crippen LogP contribution is -2.28. The van der Waals surface area contributed by atoms with Crippen molar-refractivity contribution in [2.24, 2.45) is 0 Å². The fourth-order valence-corrected chi connectivity index (χ4v) is 7.57. The molecule has 0 amide bonds. The minimum absolute atomic E-state index is 0.446. The van der Waals surface area contributed by atoms with E-state index in [0.29, 0.717) is 0 Å². The highest BCUT2D eigenvalue weighted by Gasteiger charge is 2.45. The maximum absolute atomic E-state index is 5.11. The smallest absolute Gasteiger partial charge is 0.0715 e. The average molecular weight is 598 g/mol. The van der Waals surface area contributed by atoms with Crippen molar-refractivity contribution in [3.63, 3.8) is 0 Å². The Kier molecular flexibility index (Phi) is 6.43. The van der Waals surface area contributed by atoms with Gasteiger partial charge in [-0.2, -0.15) is 0 Å². The summed E-state index contributed by atoms with van der Waals surface area (Å²) in [6, 6.07) is 68.2. The van der Waals surface area contributed by atoms with Gasteiger partial charge in [0, 0.05) is 11.1 Å². The zero-order valence-electron chi connectivity index (χ0n) is 25.8. The number of nitrogens with zero attached hydrogens (tertiary/aromatic N) is 1. The number of pyridine rings is 1. The summed E-state index contributed by atoms with van der Waals surface area (Å²) in [6.07, 6.45) is 0. The number of aromatic nitrogens is 1. The van der Waals surface area contributed by atoms with Crippen molar-refractivity contribution in [1.29, 1.82) is 0 Å². The van der Waals surface area contributed by atoms with Gasteiger partial charge in [-0.3, -0.25) is 0 Å². The molecule has 7 aromatic carbocycles. The van der Waals surface area contributed by atoms with Crippen molar-refractivity contribution in [2.75, 3.05) is 0 Å². The van der Waals surface area contributed by atoms with Gasteiger partial charge >= 0.3 is 0 Å². The molecule has 1 nitrogen and oxygen atoms in total. The molecule has 1 heterocycles. The molecule has 0 N–H and O–H groups in total. The van der Waals surface area contributed by atoms with Crippen LogP contribution >= 0.6 is 0 Å². The summed E-state index contributed by atoms with van der Waals surface area (Å²) < 4.78 is 0. The van der Waals surface area contributed by atoms with E-state index >= 15 is 0 Å². The molecule has 8 aromatic rings.